The Balaban J connectivity index is 1.35. The summed E-state index contributed by atoms with van der Waals surface area (Å²) in [6.07, 6.45) is 1.66. The molecule has 36 heavy (non-hydrogen) atoms. The minimum Gasteiger partial charge on any atom is -0.484 e. The number of piperidine rings is 1. The molecule has 3 aromatic rings. The number of urea groups is 1. The predicted molar refractivity (Wildman–Crippen MR) is 142 cm³/mol. The van der Waals surface area contributed by atoms with Crippen LogP contribution in [0.2, 0.25) is 5.02 Å². The number of carbonyl (C=O) groups excluding carboxylic acids is 2. The monoisotopic (exact) mass is 510 g/mol. The van der Waals surface area contributed by atoms with E-state index in [0.29, 0.717) is 22.4 Å². The summed E-state index contributed by atoms with van der Waals surface area (Å²) in [6.45, 7) is 7.23. The molecule has 2 heterocycles. The number of amides is 3. The highest BCUT2D eigenvalue weighted by Crippen LogP contribution is 2.24. The lowest BCUT2D eigenvalue weighted by Crippen LogP contribution is -2.49. The lowest BCUT2D eigenvalue weighted by atomic mass is 10.1. The normalized spacial score (nSPS) is 14.1. The minimum atomic E-state index is -0.266. The molecule has 4 rings (SSSR count). The van der Waals surface area contributed by atoms with Gasteiger partial charge in [0.05, 0.1) is 11.2 Å². The average Bonchev–Trinajstić information content (AvgIpc) is 2.84. The smallest absolute Gasteiger partial charge is 0.315 e. The number of aromatic nitrogens is 2. The van der Waals surface area contributed by atoms with E-state index in [-0.39, 0.29) is 30.6 Å². The Morgan fingerprint density at radius 1 is 1.11 bits per heavy atom. The van der Waals surface area contributed by atoms with Crippen molar-refractivity contribution in [1.82, 2.24) is 20.6 Å². The van der Waals surface area contributed by atoms with Gasteiger partial charge in [-0.05, 0) is 76.1 Å². The van der Waals surface area contributed by atoms with Crippen LogP contribution in [0.1, 0.15) is 32.4 Å². The van der Waals surface area contributed by atoms with Gasteiger partial charge >= 0.3 is 6.03 Å². The van der Waals surface area contributed by atoms with Gasteiger partial charge in [0.2, 0.25) is 5.95 Å². The van der Waals surface area contributed by atoms with Gasteiger partial charge in [0.25, 0.3) is 5.91 Å². The molecule has 3 N–H and O–H groups in total. The van der Waals surface area contributed by atoms with Gasteiger partial charge in [-0.1, -0.05) is 11.6 Å². The van der Waals surface area contributed by atoms with E-state index < -0.39 is 0 Å². The number of carbonyl (C=O) groups is 2. The molecule has 10 heteroatoms. The highest BCUT2D eigenvalue weighted by atomic mass is 35.5. The van der Waals surface area contributed by atoms with Crippen LogP contribution in [0.4, 0.5) is 16.4 Å². The number of halogens is 1. The fraction of sp³-hybridized carbons (Fsp3) is 0.385. The van der Waals surface area contributed by atoms with Crippen molar-refractivity contribution in [3.8, 4) is 5.75 Å². The quantitative estimate of drug-likeness (QED) is 0.437. The third-order valence-corrected chi connectivity index (χ3v) is 6.13. The first-order valence-corrected chi connectivity index (χ1v) is 12.4. The highest BCUT2D eigenvalue weighted by Gasteiger charge is 2.23. The van der Waals surface area contributed by atoms with Crippen molar-refractivity contribution in [1.29, 1.82) is 0 Å². The molecule has 0 radical (unpaired) electrons. The zero-order chi connectivity index (χ0) is 25.7. The number of anilines is 2. The van der Waals surface area contributed by atoms with Crippen LogP contribution in [-0.2, 0) is 4.79 Å². The van der Waals surface area contributed by atoms with Crippen LogP contribution in [0.5, 0.6) is 5.75 Å². The molecule has 0 unspecified atom stereocenters. The number of hydrogen-bond donors (Lipinski definition) is 3. The van der Waals surface area contributed by atoms with Crippen molar-refractivity contribution >= 4 is 46.1 Å². The molecule has 0 atom stereocenters. The van der Waals surface area contributed by atoms with E-state index in [4.69, 9.17) is 26.3 Å². The van der Waals surface area contributed by atoms with Gasteiger partial charge in [-0.15, -0.1) is 0 Å². The second kappa shape index (κ2) is 11.4. The molecular weight excluding hydrogens is 480 g/mol. The van der Waals surface area contributed by atoms with Crippen molar-refractivity contribution in [3.63, 3.8) is 0 Å². The first-order chi connectivity index (χ1) is 17.3. The zero-order valence-electron chi connectivity index (χ0n) is 20.7. The molecule has 1 aliphatic heterocycles. The highest BCUT2D eigenvalue weighted by molar-refractivity contribution is 6.30. The van der Waals surface area contributed by atoms with Crippen LogP contribution in [0.15, 0.2) is 42.5 Å². The summed E-state index contributed by atoms with van der Waals surface area (Å²) in [4.78, 5) is 35.9. The van der Waals surface area contributed by atoms with E-state index in [0.717, 1.165) is 42.5 Å². The molecule has 0 saturated carbocycles. The van der Waals surface area contributed by atoms with Crippen molar-refractivity contribution < 1.29 is 14.3 Å². The largest absolute Gasteiger partial charge is 0.484 e. The molecule has 1 fully saturated rings. The van der Waals surface area contributed by atoms with E-state index in [1.165, 1.54) is 0 Å². The summed E-state index contributed by atoms with van der Waals surface area (Å²) >= 11 is 5.87. The van der Waals surface area contributed by atoms with Crippen LogP contribution >= 0.6 is 11.6 Å². The van der Waals surface area contributed by atoms with E-state index in [9.17, 15) is 9.59 Å². The van der Waals surface area contributed by atoms with Crippen LogP contribution in [0.3, 0.4) is 0 Å². The number of aryl methyl sites for hydroxylation is 1. The van der Waals surface area contributed by atoms with Gasteiger partial charge in [-0.2, -0.15) is 0 Å². The van der Waals surface area contributed by atoms with Crippen molar-refractivity contribution in [3.05, 3.63) is 53.2 Å². The summed E-state index contributed by atoms with van der Waals surface area (Å²) in [5, 5.41) is 10.2. The van der Waals surface area contributed by atoms with E-state index in [2.05, 4.69) is 20.9 Å². The van der Waals surface area contributed by atoms with Crippen LogP contribution in [0.25, 0.3) is 10.9 Å². The molecule has 190 valence electrons. The Kier molecular flexibility index (Phi) is 8.10. The Morgan fingerprint density at radius 2 is 1.83 bits per heavy atom. The van der Waals surface area contributed by atoms with Crippen LogP contribution < -0.4 is 25.6 Å². The summed E-state index contributed by atoms with van der Waals surface area (Å²) in [7, 11) is 0. The third-order valence-electron chi connectivity index (χ3n) is 5.87. The SMILES string of the molecule is Cc1nc(N2CCC(NC(=O)NC(C)C)CC2)nc2ccc(NC(=O)COc3ccc(Cl)cc3)cc12. The van der Waals surface area contributed by atoms with Gasteiger partial charge in [-0.3, -0.25) is 4.79 Å². The predicted octanol–water partition coefficient (Wildman–Crippen LogP) is 4.29. The van der Waals surface area contributed by atoms with E-state index in [1.807, 2.05) is 39.0 Å². The van der Waals surface area contributed by atoms with Gasteiger partial charge in [0.15, 0.2) is 6.61 Å². The molecule has 1 aromatic heterocycles. The number of rotatable bonds is 7. The van der Waals surface area contributed by atoms with E-state index in [1.54, 1.807) is 24.3 Å². The first kappa shape index (κ1) is 25.5. The lowest BCUT2D eigenvalue weighted by Gasteiger charge is -2.32. The number of nitrogens with one attached hydrogen (secondary N) is 3. The lowest BCUT2D eigenvalue weighted by molar-refractivity contribution is -0.118. The maximum absolute atomic E-state index is 12.3. The molecule has 9 nitrogen and oxygen atoms in total. The first-order valence-electron chi connectivity index (χ1n) is 12.1. The maximum atomic E-state index is 12.3. The van der Waals surface area contributed by atoms with Crippen LogP contribution in [-0.4, -0.2) is 53.7 Å². The van der Waals surface area contributed by atoms with Crippen molar-refractivity contribution in [2.24, 2.45) is 0 Å². The number of fused-ring (bicyclic) bond motifs is 1. The van der Waals surface area contributed by atoms with Gasteiger partial charge in [0.1, 0.15) is 5.75 Å². The van der Waals surface area contributed by atoms with Gasteiger partial charge < -0.3 is 25.6 Å². The Hall–Kier alpha value is -3.59. The number of benzene rings is 2. The Bertz CT molecular complexity index is 1230. The molecule has 0 aliphatic carbocycles. The number of ether oxygens (including phenoxy) is 1. The molecule has 3 amide bonds. The summed E-state index contributed by atoms with van der Waals surface area (Å²) in [6, 6.07) is 12.5. The third kappa shape index (κ3) is 6.75. The fourth-order valence-electron chi connectivity index (χ4n) is 4.08. The standard InChI is InChI=1S/C26H31ClN6O3/c1-16(2)28-26(35)31-19-10-12-33(13-11-19)25-29-17(3)22-14-20(6-9-23(22)32-25)30-24(34)15-36-21-7-4-18(27)5-8-21/h4-9,14,16,19H,10-13,15H2,1-3H3,(H,30,34)(H2,28,31,35). The minimum absolute atomic E-state index is 0.107. The topological polar surface area (TPSA) is 108 Å². The van der Waals surface area contributed by atoms with E-state index >= 15 is 0 Å². The Labute approximate surface area is 215 Å². The molecular formula is C26H31ClN6O3. The van der Waals surface area contributed by atoms with Crippen molar-refractivity contribution in [2.45, 2.75) is 45.7 Å². The second-order valence-electron chi connectivity index (χ2n) is 9.17. The molecule has 1 aliphatic rings. The van der Waals surface area contributed by atoms with Crippen molar-refractivity contribution in [2.75, 3.05) is 29.9 Å². The number of hydrogen-bond acceptors (Lipinski definition) is 6. The average molecular weight is 511 g/mol. The maximum Gasteiger partial charge on any atom is 0.315 e. The van der Waals surface area contributed by atoms with Crippen LogP contribution in [0, 0.1) is 6.92 Å². The summed E-state index contributed by atoms with van der Waals surface area (Å²) in [5.41, 5.74) is 2.29. The molecule has 0 spiro atoms. The molecule has 0 bridgehead atoms. The second-order valence-corrected chi connectivity index (χ2v) is 9.60. The van der Waals surface area contributed by atoms with Gasteiger partial charge in [-0.25, -0.2) is 14.8 Å². The molecule has 2 aromatic carbocycles. The fourth-order valence-corrected chi connectivity index (χ4v) is 4.20. The zero-order valence-corrected chi connectivity index (χ0v) is 21.4. The van der Waals surface area contributed by atoms with Gasteiger partial charge in [0, 0.05) is 41.3 Å². The summed E-state index contributed by atoms with van der Waals surface area (Å²) < 4.78 is 5.51. The summed E-state index contributed by atoms with van der Waals surface area (Å²) in [5.74, 6) is 0.986. The number of nitrogens with zero attached hydrogens (tertiary/aromatic N) is 3. The molecule has 1 saturated heterocycles. The Morgan fingerprint density at radius 3 is 2.53 bits per heavy atom.